The molecule has 2 N–H and O–H groups in total. The van der Waals surface area contributed by atoms with Crippen LogP contribution in [0.2, 0.25) is 0 Å². The number of hydrogen-bond acceptors (Lipinski definition) is 4. The summed E-state index contributed by atoms with van der Waals surface area (Å²) in [6, 6.07) is 0. The van der Waals surface area contributed by atoms with Gasteiger partial charge in [0.2, 0.25) is 10.0 Å². The molecule has 0 aliphatic carbocycles. The lowest BCUT2D eigenvalue weighted by molar-refractivity contribution is -0.164. The first-order chi connectivity index (χ1) is 7.50. The molecule has 0 bridgehead atoms. The van der Waals surface area contributed by atoms with Crippen molar-refractivity contribution in [3.63, 3.8) is 0 Å². The van der Waals surface area contributed by atoms with Gasteiger partial charge >= 0.3 is 0 Å². The molecule has 1 aliphatic heterocycles. The maximum Gasteiger partial charge on any atom is 0.218 e. The van der Waals surface area contributed by atoms with Crippen molar-refractivity contribution in [2.75, 3.05) is 19.6 Å². The number of hydrogen-bond donors (Lipinski definition) is 1. The molecule has 1 unspecified atom stereocenters. The Morgan fingerprint density at radius 1 is 1.24 bits per heavy atom. The highest BCUT2D eigenvalue weighted by Crippen LogP contribution is 2.30. The fourth-order valence-corrected chi connectivity index (χ4v) is 4.01. The van der Waals surface area contributed by atoms with E-state index in [2.05, 4.69) is 0 Å². The zero-order valence-electron chi connectivity index (χ0n) is 11.4. The first kappa shape index (κ1) is 14.9. The molecule has 0 aromatic carbocycles. The first-order valence-corrected chi connectivity index (χ1v) is 7.40. The Hall–Kier alpha value is -0.170. The molecule has 0 spiro atoms. The Kier molecular flexibility index (Phi) is 3.94. The lowest BCUT2D eigenvalue weighted by Crippen LogP contribution is -2.60. The average molecular weight is 264 g/mol. The zero-order valence-corrected chi connectivity index (χ0v) is 12.2. The van der Waals surface area contributed by atoms with E-state index >= 15 is 0 Å². The summed E-state index contributed by atoms with van der Waals surface area (Å²) in [5.74, 6) is 0. The molecule has 1 aliphatic rings. The van der Waals surface area contributed by atoms with E-state index in [1.165, 1.54) is 4.31 Å². The molecule has 1 fully saturated rings. The number of nitrogens with zero attached hydrogens (tertiary/aromatic N) is 1. The summed E-state index contributed by atoms with van der Waals surface area (Å²) < 4.78 is 31.9. The van der Waals surface area contributed by atoms with Gasteiger partial charge in [0.1, 0.15) is 0 Å². The Balaban J connectivity index is 2.99. The van der Waals surface area contributed by atoms with Gasteiger partial charge in [0.05, 0.1) is 16.5 Å². The van der Waals surface area contributed by atoms with Gasteiger partial charge in [0.25, 0.3) is 0 Å². The van der Waals surface area contributed by atoms with Crippen molar-refractivity contribution >= 4 is 10.0 Å². The lowest BCUT2D eigenvalue weighted by Gasteiger charge is -2.46. The SMILES string of the molecule is CC(CN)S(=O)(=O)N1CC(C)(C)OC(C)(C)C1. The van der Waals surface area contributed by atoms with Crippen molar-refractivity contribution in [1.29, 1.82) is 0 Å². The van der Waals surface area contributed by atoms with E-state index in [9.17, 15) is 8.42 Å². The second-order valence-electron chi connectivity index (χ2n) is 5.98. The number of sulfonamides is 1. The fraction of sp³-hybridized carbons (Fsp3) is 1.00. The van der Waals surface area contributed by atoms with Gasteiger partial charge in [0, 0.05) is 19.6 Å². The smallest absolute Gasteiger partial charge is 0.218 e. The summed E-state index contributed by atoms with van der Waals surface area (Å²) in [6.07, 6.45) is 0. The van der Waals surface area contributed by atoms with Crippen LogP contribution in [-0.4, -0.2) is 48.8 Å². The molecular weight excluding hydrogens is 240 g/mol. The van der Waals surface area contributed by atoms with Crippen LogP contribution >= 0.6 is 0 Å². The Morgan fingerprint density at radius 3 is 2.00 bits per heavy atom. The number of nitrogens with two attached hydrogens (primary N) is 1. The van der Waals surface area contributed by atoms with E-state index in [1.54, 1.807) is 6.92 Å². The summed E-state index contributed by atoms with van der Waals surface area (Å²) in [7, 11) is -3.33. The molecule has 0 aromatic rings. The predicted octanol–water partition coefficient (Wildman–Crippen LogP) is 0.553. The third kappa shape index (κ3) is 3.40. The van der Waals surface area contributed by atoms with Crippen molar-refractivity contribution in [3.8, 4) is 0 Å². The van der Waals surface area contributed by atoms with Gasteiger partial charge in [-0.1, -0.05) is 0 Å². The second-order valence-corrected chi connectivity index (χ2v) is 8.33. The van der Waals surface area contributed by atoms with E-state index in [1.807, 2.05) is 27.7 Å². The van der Waals surface area contributed by atoms with Crippen LogP contribution in [0.15, 0.2) is 0 Å². The van der Waals surface area contributed by atoms with Crippen LogP contribution in [0.4, 0.5) is 0 Å². The van der Waals surface area contributed by atoms with Gasteiger partial charge in [-0.15, -0.1) is 0 Å². The molecule has 1 saturated heterocycles. The van der Waals surface area contributed by atoms with Gasteiger partial charge in [0.15, 0.2) is 0 Å². The van der Waals surface area contributed by atoms with E-state index < -0.39 is 26.5 Å². The first-order valence-electron chi connectivity index (χ1n) is 5.89. The molecule has 0 radical (unpaired) electrons. The predicted molar refractivity (Wildman–Crippen MR) is 68.3 cm³/mol. The van der Waals surface area contributed by atoms with E-state index in [0.717, 1.165) is 0 Å². The van der Waals surface area contributed by atoms with Crippen LogP contribution in [-0.2, 0) is 14.8 Å². The van der Waals surface area contributed by atoms with Gasteiger partial charge in [-0.05, 0) is 34.6 Å². The van der Waals surface area contributed by atoms with Crippen LogP contribution in [0.25, 0.3) is 0 Å². The highest BCUT2D eigenvalue weighted by molar-refractivity contribution is 7.89. The van der Waals surface area contributed by atoms with Crippen molar-refractivity contribution in [1.82, 2.24) is 4.31 Å². The van der Waals surface area contributed by atoms with E-state index in [0.29, 0.717) is 13.1 Å². The summed E-state index contributed by atoms with van der Waals surface area (Å²) in [4.78, 5) is 0. The molecule has 0 saturated carbocycles. The maximum atomic E-state index is 12.3. The van der Waals surface area contributed by atoms with E-state index in [4.69, 9.17) is 10.5 Å². The van der Waals surface area contributed by atoms with Gasteiger partial charge in [-0.25, -0.2) is 8.42 Å². The number of morpholine rings is 1. The molecule has 17 heavy (non-hydrogen) atoms. The minimum atomic E-state index is -3.33. The minimum Gasteiger partial charge on any atom is -0.367 e. The molecule has 1 atom stereocenters. The summed E-state index contributed by atoms with van der Waals surface area (Å²) >= 11 is 0. The monoisotopic (exact) mass is 264 g/mol. The quantitative estimate of drug-likeness (QED) is 0.808. The molecule has 102 valence electrons. The zero-order chi connectivity index (χ0) is 13.5. The average Bonchev–Trinajstić information content (AvgIpc) is 2.11. The maximum absolute atomic E-state index is 12.3. The molecule has 1 rings (SSSR count). The van der Waals surface area contributed by atoms with Crippen molar-refractivity contribution in [3.05, 3.63) is 0 Å². The van der Waals surface area contributed by atoms with Crippen molar-refractivity contribution in [2.45, 2.75) is 51.1 Å². The van der Waals surface area contributed by atoms with Crippen LogP contribution in [0.3, 0.4) is 0 Å². The number of ether oxygens (including phenoxy) is 1. The lowest BCUT2D eigenvalue weighted by atomic mass is 10.0. The second kappa shape index (κ2) is 4.50. The summed E-state index contributed by atoms with van der Waals surface area (Å²) in [6.45, 7) is 10.2. The third-order valence-corrected chi connectivity index (χ3v) is 5.05. The highest BCUT2D eigenvalue weighted by atomic mass is 32.2. The standard InChI is InChI=1S/C11H24N2O3S/c1-9(6-12)17(14,15)13-7-10(2,3)16-11(4,5)8-13/h9H,6-8,12H2,1-5H3. The Labute approximate surface area is 104 Å². The molecule has 0 amide bonds. The molecule has 1 heterocycles. The normalized spacial score (nSPS) is 26.7. The molecule has 0 aromatic heterocycles. The Morgan fingerprint density at radius 2 is 1.65 bits per heavy atom. The minimum absolute atomic E-state index is 0.139. The van der Waals surface area contributed by atoms with Crippen LogP contribution in [0, 0.1) is 0 Å². The number of rotatable bonds is 3. The molecule has 6 heteroatoms. The fourth-order valence-electron chi connectivity index (χ4n) is 2.27. The summed E-state index contributed by atoms with van der Waals surface area (Å²) in [5, 5.41) is -0.549. The topological polar surface area (TPSA) is 72.6 Å². The highest BCUT2D eigenvalue weighted by Gasteiger charge is 2.43. The summed E-state index contributed by atoms with van der Waals surface area (Å²) in [5.41, 5.74) is 4.52. The van der Waals surface area contributed by atoms with E-state index in [-0.39, 0.29) is 6.54 Å². The third-order valence-electron chi connectivity index (χ3n) is 2.87. The largest absolute Gasteiger partial charge is 0.367 e. The van der Waals surface area contributed by atoms with Gasteiger partial charge < -0.3 is 10.5 Å². The van der Waals surface area contributed by atoms with Gasteiger partial charge in [-0.2, -0.15) is 4.31 Å². The van der Waals surface area contributed by atoms with Crippen molar-refractivity contribution in [2.24, 2.45) is 5.73 Å². The van der Waals surface area contributed by atoms with Gasteiger partial charge in [-0.3, -0.25) is 0 Å². The van der Waals surface area contributed by atoms with Crippen LogP contribution < -0.4 is 5.73 Å². The van der Waals surface area contributed by atoms with Crippen molar-refractivity contribution < 1.29 is 13.2 Å². The Bertz CT molecular complexity index is 360. The molecule has 5 nitrogen and oxygen atoms in total. The van der Waals surface area contributed by atoms with Crippen LogP contribution in [0.1, 0.15) is 34.6 Å². The van der Waals surface area contributed by atoms with Crippen LogP contribution in [0.5, 0.6) is 0 Å². The molecular formula is C11H24N2O3S.